The van der Waals surface area contributed by atoms with E-state index in [1.807, 2.05) is 31.2 Å². The van der Waals surface area contributed by atoms with Crippen LogP contribution in [0.4, 0.5) is 11.8 Å². The van der Waals surface area contributed by atoms with Gasteiger partial charge in [0.2, 0.25) is 5.89 Å². The summed E-state index contributed by atoms with van der Waals surface area (Å²) >= 11 is 0. The average molecular weight is 337 g/mol. The van der Waals surface area contributed by atoms with Crippen LogP contribution in [0.15, 0.2) is 34.9 Å². The molecule has 1 saturated heterocycles. The molecule has 8 nitrogen and oxygen atoms in total. The molecule has 4 rings (SSSR count). The Morgan fingerprint density at radius 1 is 1.16 bits per heavy atom. The maximum absolute atomic E-state index is 5.52. The Labute approximate surface area is 145 Å². The summed E-state index contributed by atoms with van der Waals surface area (Å²) in [5, 5.41) is 7.76. The SMILES string of the molecule is Cc1cc(N2CCC(c3nnc(N)o3)CC2)nc(-c2ccccn2)n1. The van der Waals surface area contributed by atoms with Crippen LogP contribution in [0, 0.1) is 6.92 Å². The minimum Gasteiger partial charge on any atom is -0.408 e. The van der Waals surface area contributed by atoms with Gasteiger partial charge in [-0.2, -0.15) is 0 Å². The number of pyridine rings is 1. The van der Waals surface area contributed by atoms with Gasteiger partial charge < -0.3 is 15.1 Å². The molecule has 1 aliphatic rings. The lowest BCUT2D eigenvalue weighted by Gasteiger charge is -2.31. The van der Waals surface area contributed by atoms with Crippen LogP contribution in [0.25, 0.3) is 11.5 Å². The molecule has 0 bridgehead atoms. The molecule has 0 amide bonds. The summed E-state index contributed by atoms with van der Waals surface area (Å²) in [5.41, 5.74) is 7.23. The molecule has 0 atom stereocenters. The smallest absolute Gasteiger partial charge is 0.312 e. The number of aromatic nitrogens is 5. The molecule has 0 radical (unpaired) electrons. The molecule has 0 aromatic carbocycles. The van der Waals surface area contributed by atoms with E-state index in [-0.39, 0.29) is 11.9 Å². The molecule has 1 fully saturated rings. The molecule has 3 aromatic rings. The third-order valence-electron chi connectivity index (χ3n) is 4.36. The summed E-state index contributed by atoms with van der Waals surface area (Å²) in [7, 11) is 0. The highest BCUT2D eigenvalue weighted by atomic mass is 16.4. The second-order valence-corrected chi connectivity index (χ2v) is 6.15. The van der Waals surface area contributed by atoms with Crippen molar-refractivity contribution < 1.29 is 4.42 Å². The van der Waals surface area contributed by atoms with Crippen LogP contribution in [0.2, 0.25) is 0 Å². The third kappa shape index (κ3) is 3.28. The minimum atomic E-state index is 0.129. The van der Waals surface area contributed by atoms with Crippen molar-refractivity contribution in [3.05, 3.63) is 42.0 Å². The molecule has 0 aliphatic carbocycles. The fourth-order valence-electron chi connectivity index (χ4n) is 3.09. The molecular formula is C17H19N7O. The molecule has 0 unspecified atom stereocenters. The topological polar surface area (TPSA) is 107 Å². The summed E-state index contributed by atoms with van der Waals surface area (Å²) in [6.45, 7) is 3.71. The minimum absolute atomic E-state index is 0.129. The lowest BCUT2D eigenvalue weighted by atomic mass is 9.97. The van der Waals surface area contributed by atoms with Gasteiger partial charge in [-0.3, -0.25) is 4.98 Å². The number of nitrogens with two attached hydrogens (primary N) is 1. The summed E-state index contributed by atoms with van der Waals surface area (Å²) in [6.07, 6.45) is 3.59. The number of hydrogen-bond donors (Lipinski definition) is 1. The van der Waals surface area contributed by atoms with E-state index in [1.165, 1.54) is 0 Å². The molecule has 128 valence electrons. The second-order valence-electron chi connectivity index (χ2n) is 6.15. The summed E-state index contributed by atoms with van der Waals surface area (Å²) in [6, 6.07) is 7.89. The fourth-order valence-corrected chi connectivity index (χ4v) is 3.09. The van der Waals surface area contributed by atoms with Crippen LogP contribution in [-0.2, 0) is 0 Å². The molecule has 25 heavy (non-hydrogen) atoms. The van der Waals surface area contributed by atoms with Crippen molar-refractivity contribution in [2.75, 3.05) is 23.7 Å². The predicted molar refractivity (Wildman–Crippen MR) is 92.9 cm³/mol. The van der Waals surface area contributed by atoms with Gasteiger partial charge in [0.05, 0.1) is 0 Å². The Balaban J connectivity index is 1.52. The van der Waals surface area contributed by atoms with E-state index in [4.69, 9.17) is 15.1 Å². The van der Waals surface area contributed by atoms with Crippen LogP contribution in [0.5, 0.6) is 0 Å². The molecule has 3 aromatic heterocycles. The van der Waals surface area contributed by atoms with Gasteiger partial charge in [0.15, 0.2) is 5.82 Å². The lowest BCUT2D eigenvalue weighted by Crippen LogP contribution is -2.33. The van der Waals surface area contributed by atoms with Crippen molar-refractivity contribution in [2.24, 2.45) is 0 Å². The molecule has 2 N–H and O–H groups in total. The van der Waals surface area contributed by atoms with E-state index in [1.54, 1.807) is 6.20 Å². The number of hydrogen-bond acceptors (Lipinski definition) is 8. The van der Waals surface area contributed by atoms with Crippen LogP contribution in [0.3, 0.4) is 0 Å². The predicted octanol–water partition coefficient (Wildman–Crippen LogP) is 2.20. The number of nitrogens with zero attached hydrogens (tertiary/aromatic N) is 6. The van der Waals surface area contributed by atoms with E-state index in [0.717, 1.165) is 43.1 Å². The van der Waals surface area contributed by atoms with Gasteiger partial charge in [-0.1, -0.05) is 11.2 Å². The number of aryl methyl sites for hydroxylation is 1. The quantitative estimate of drug-likeness (QED) is 0.775. The third-order valence-corrected chi connectivity index (χ3v) is 4.36. The Morgan fingerprint density at radius 3 is 2.68 bits per heavy atom. The highest BCUT2D eigenvalue weighted by Gasteiger charge is 2.26. The summed E-state index contributed by atoms with van der Waals surface area (Å²) < 4.78 is 5.36. The monoisotopic (exact) mass is 337 g/mol. The first-order valence-corrected chi connectivity index (χ1v) is 8.30. The van der Waals surface area contributed by atoms with Gasteiger partial charge in [-0.25, -0.2) is 9.97 Å². The van der Waals surface area contributed by atoms with E-state index >= 15 is 0 Å². The number of nitrogen functional groups attached to an aromatic ring is 1. The molecule has 0 spiro atoms. The van der Waals surface area contributed by atoms with Crippen LogP contribution < -0.4 is 10.6 Å². The van der Waals surface area contributed by atoms with Crippen molar-refractivity contribution in [3.8, 4) is 11.5 Å². The van der Waals surface area contributed by atoms with Crippen LogP contribution >= 0.6 is 0 Å². The van der Waals surface area contributed by atoms with Crippen LogP contribution in [-0.4, -0.2) is 38.2 Å². The first-order chi connectivity index (χ1) is 12.2. The van der Waals surface area contributed by atoms with Crippen molar-refractivity contribution >= 4 is 11.8 Å². The molecule has 4 heterocycles. The van der Waals surface area contributed by atoms with E-state index < -0.39 is 0 Å². The van der Waals surface area contributed by atoms with Gasteiger partial charge in [-0.05, 0) is 31.9 Å². The van der Waals surface area contributed by atoms with Crippen LogP contribution in [0.1, 0.15) is 30.3 Å². The largest absolute Gasteiger partial charge is 0.408 e. The fraction of sp³-hybridized carbons (Fsp3) is 0.353. The zero-order chi connectivity index (χ0) is 17.2. The van der Waals surface area contributed by atoms with Gasteiger partial charge in [0.1, 0.15) is 11.5 Å². The Bertz CT molecular complexity index is 856. The van der Waals surface area contributed by atoms with E-state index in [0.29, 0.717) is 11.7 Å². The summed E-state index contributed by atoms with van der Waals surface area (Å²) in [5.74, 6) is 2.46. The highest BCUT2D eigenvalue weighted by Crippen LogP contribution is 2.30. The number of piperidine rings is 1. The first kappa shape index (κ1) is 15.5. The maximum atomic E-state index is 5.52. The second kappa shape index (κ2) is 6.46. The lowest BCUT2D eigenvalue weighted by molar-refractivity contribution is 0.399. The van der Waals surface area contributed by atoms with Crippen molar-refractivity contribution in [1.82, 2.24) is 25.1 Å². The summed E-state index contributed by atoms with van der Waals surface area (Å²) in [4.78, 5) is 15.8. The Kier molecular flexibility index (Phi) is 4.01. The molecule has 0 saturated carbocycles. The Morgan fingerprint density at radius 2 is 2.00 bits per heavy atom. The van der Waals surface area contributed by atoms with Crippen molar-refractivity contribution in [3.63, 3.8) is 0 Å². The standard InChI is InChI=1S/C17H19N7O/c1-11-10-14(21-15(20-11)13-4-2-3-7-19-13)24-8-5-12(6-9-24)16-22-23-17(18)25-16/h2-4,7,10,12H,5-6,8-9H2,1H3,(H2,18,23). The highest BCUT2D eigenvalue weighted by molar-refractivity contribution is 5.53. The first-order valence-electron chi connectivity index (χ1n) is 8.30. The van der Waals surface area contributed by atoms with E-state index in [9.17, 15) is 0 Å². The number of anilines is 2. The van der Waals surface area contributed by atoms with Gasteiger partial charge in [-0.15, -0.1) is 5.10 Å². The average Bonchev–Trinajstić information content (AvgIpc) is 3.08. The van der Waals surface area contributed by atoms with E-state index in [2.05, 4.69) is 25.1 Å². The van der Waals surface area contributed by atoms with Gasteiger partial charge >= 0.3 is 6.01 Å². The van der Waals surface area contributed by atoms with Gasteiger partial charge in [0, 0.05) is 37.0 Å². The molecule has 8 heteroatoms. The maximum Gasteiger partial charge on any atom is 0.312 e. The normalized spacial score (nSPS) is 15.5. The van der Waals surface area contributed by atoms with Crippen molar-refractivity contribution in [1.29, 1.82) is 0 Å². The number of rotatable bonds is 3. The zero-order valence-corrected chi connectivity index (χ0v) is 14.0. The van der Waals surface area contributed by atoms with Crippen molar-refractivity contribution in [2.45, 2.75) is 25.7 Å². The molecular weight excluding hydrogens is 318 g/mol. The zero-order valence-electron chi connectivity index (χ0n) is 14.0. The van der Waals surface area contributed by atoms with Gasteiger partial charge in [0.25, 0.3) is 0 Å². The molecule has 1 aliphatic heterocycles. The Hall–Kier alpha value is -3.03.